The second-order valence-corrected chi connectivity index (χ2v) is 4.77. The van der Waals surface area contributed by atoms with Gasteiger partial charge in [0.1, 0.15) is 0 Å². The Morgan fingerprint density at radius 2 is 1.86 bits per heavy atom. The first kappa shape index (κ1) is 11.9. The summed E-state index contributed by atoms with van der Waals surface area (Å²) in [6.07, 6.45) is 0. The van der Waals surface area contributed by atoms with Crippen LogP contribution in [0.1, 0.15) is 25.5 Å². The van der Waals surface area contributed by atoms with E-state index in [-0.39, 0.29) is 18.7 Å². The van der Waals surface area contributed by atoms with Crippen LogP contribution in [0.3, 0.4) is 0 Å². The minimum absolute atomic E-state index is 0.143. The Balaban J connectivity index is 2.60. The van der Waals surface area contributed by atoms with Crippen LogP contribution in [0.25, 0.3) is 0 Å². The standard InChI is InChI=1S/C11H16INO/c1-8(7-14)13-9(2)10-3-5-11(12)6-4-10/h3-6,8-9,13-14H,7H2,1-2H3/t8-,9?/m0/s1. The minimum Gasteiger partial charge on any atom is -0.395 e. The summed E-state index contributed by atoms with van der Waals surface area (Å²) in [7, 11) is 0. The zero-order valence-corrected chi connectivity index (χ0v) is 10.7. The molecule has 0 aromatic heterocycles. The maximum atomic E-state index is 8.91. The lowest BCUT2D eigenvalue weighted by Gasteiger charge is -2.18. The van der Waals surface area contributed by atoms with Crippen molar-refractivity contribution in [3.8, 4) is 0 Å². The molecule has 1 unspecified atom stereocenters. The molecular formula is C11H16INO. The van der Waals surface area contributed by atoms with E-state index in [1.54, 1.807) is 0 Å². The van der Waals surface area contributed by atoms with Gasteiger partial charge >= 0.3 is 0 Å². The lowest BCUT2D eigenvalue weighted by atomic mass is 10.1. The lowest BCUT2D eigenvalue weighted by molar-refractivity contribution is 0.243. The second-order valence-electron chi connectivity index (χ2n) is 3.52. The van der Waals surface area contributed by atoms with Crippen molar-refractivity contribution in [2.75, 3.05) is 6.61 Å². The fourth-order valence-electron chi connectivity index (χ4n) is 1.33. The van der Waals surface area contributed by atoms with Gasteiger partial charge in [0, 0.05) is 15.7 Å². The van der Waals surface area contributed by atoms with Gasteiger partial charge in [-0.1, -0.05) is 12.1 Å². The molecule has 0 fully saturated rings. The Kier molecular flexibility index (Phi) is 4.84. The van der Waals surface area contributed by atoms with Crippen LogP contribution in [0.2, 0.25) is 0 Å². The van der Waals surface area contributed by atoms with Crippen LogP contribution in [0.15, 0.2) is 24.3 Å². The van der Waals surface area contributed by atoms with Crippen molar-refractivity contribution in [1.29, 1.82) is 0 Å². The summed E-state index contributed by atoms with van der Waals surface area (Å²) in [4.78, 5) is 0. The molecule has 0 saturated carbocycles. The van der Waals surface area contributed by atoms with Crippen LogP contribution < -0.4 is 5.32 Å². The third-order valence-corrected chi connectivity index (χ3v) is 2.90. The SMILES string of the molecule is CC(N[C@@H](C)CO)c1ccc(I)cc1. The van der Waals surface area contributed by atoms with E-state index in [1.165, 1.54) is 9.13 Å². The Hall–Kier alpha value is -0.130. The number of aliphatic hydroxyl groups excluding tert-OH is 1. The Bertz CT molecular complexity index is 273. The van der Waals surface area contributed by atoms with Crippen molar-refractivity contribution in [3.05, 3.63) is 33.4 Å². The van der Waals surface area contributed by atoms with E-state index < -0.39 is 0 Å². The third kappa shape index (κ3) is 3.55. The normalized spacial score (nSPS) is 15.1. The smallest absolute Gasteiger partial charge is 0.0582 e. The van der Waals surface area contributed by atoms with Gasteiger partial charge in [-0.3, -0.25) is 0 Å². The monoisotopic (exact) mass is 305 g/mol. The van der Waals surface area contributed by atoms with E-state index in [0.29, 0.717) is 0 Å². The molecule has 78 valence electrons. The zero-order valence-electron chi connectivity index (χ0n) is 8.50. The van der Waals surface area contributed by atoms with Crippen LogP contribution in [0.4, 0.5) is 0 Å². The largest absolute Gasteiger partial charge is 0.395 e. The maximum Gasteiger partial charge on any atom is 0.0582 e. The molecule has 2 N–H and O–H groups in total. The van der Waals surface area contributed by atoms with Gasteiger partial charge in [0.25, 0.3) is 0 Å². The average molecular weight is 305 g/mol. The molecule has 2 atom stereocenters. The van der Waals surface area contributed by atoms with E-state index in [2.05, 4.69) is 59.1 Å². The molecule has 1 rings (SSSR count). The summed E-state index contributed by atoms with van der Waals surface area (Å²) in [5, 5.41) is 12.2. The highest BCUT2D eigenvalue weighted by molar-refractivity contribution is 14.1. The van der Waals surface area contributed by atoms with Gasteiger partial charge in [0.15, 0.2) is 0 Å². The van der Waals surface area contributed by atoms with Crippen molar-refractivity contribution >= 4 is 22.6 Å². The highest BCUT2D eigenvalue weighted by Crippen LogP contribution is 2.14. The van der Waals surface area contributed by atoms with Crippen molar-refractivity contribution in [2.24, 2.45) is 0 Å². The molecule has 14 heavy (non-hydrogen) atoms. The number of aliphatic hydroxyl groups is 1. The molecular weight excluding hydrogens is 289 g/mol. The van der Waals surface area contributed by atoms with Crippen molar-refractivity contribution < 1.29 is 5.11 Å². The number of halogens is 1. The molecule has 2 nitrogen and oxygen atoms in total. The van der Waals surface area contributed by atoms with Gasteiger partial charge in [-0.25, -0.2) is 0 Å². The fraction of sp³-hybridized carbons (Fsp3) is 0.455. The molecule has 3 heteroatoms. The molecule has 1 aromatic carbocycles. The number of hydrogen-bond donors (Lipinski definition) is 2. The van der Waals surface area contributed by atoms with E-state index in [9.17, 15) is 0 Å². The van der Waals surface area contributed by atoms with E-state index >= 15 is 0 Å². The summed E-state index contributed by atoms with van der Waals surface area (Å²) in [6, 6.07) is 8.85. The molecule has 1 aromatic rings. The number of nitrogens with one attached hydrogen (secondary N) is 1. The average Bonchev–Trinajstić information content (AvgIpc) is 2.18. The zero-order chi connectivity index (χ0) is 10.6. The van der Waals surface area contributed by atoms with E-state index in [0.717, 1.165) is 0 Å². The third-order valence-electron chi connectivity index (χ3n) is 2.18. The van der Waals surface area contributed by atoms with Gasteiger partial charge in [0.2, 0.25) is 0 Å². The lowest BCUT2D eigenvalue weighted by Crippen LogP contribution is -2.31. The van der Waals surface area contributed by atoms with Gasteiger partial charge < -0.3 is 10.4 Å². The minimum atomic E-state index is 0.143. The van der Waals surface area contributed by atoms with Crippen LogP contribution in [-0.4, -0.2) is 17.8 Å². The Labute approximate surface area is 98.9 Å². The number of hydrogen-bond acceptors (Lipinski definition) is 2. The topological polar surface area (TPSA) is 32.3 Å². The highest BCUT2D eigenvalue weighted by Gasteiger charge is 2.07. The molecule has 0 aliphatic carbocycles. The fourth-order valence-corrected chi connectivity index (χ4v) is 1.69. The van der Waals surface area contributed by atoms with Crippen LogP contribution in [0, 0.1) is 3.57 Å². The summed E-state index contributed by atoms with van der Waals surface area (Å²) >= 11 is 2.29. The number of rotatable bonds is 4. The summed E-state index contributed by atoms with van der Waals surface area (Å²) in [5.41, 5.74) is 1.26. The van der Waals surface area contributed by atoms with Crippen molar-refractivity contribution in [2.45, 2.75) is 25.9 Å². The molecule has 0 heterocycles. The first-order chi connectivity index (χ1) is 6.63. The highest BCUT2D eigenvalue weighted by atomic mass is 127. The molecule has 0 aliphatic heterocycles. The molecule has 0 amide bonds. The van der Waals surface area contributed by atoms with Crippen molar-refractivity contribution in [3.63, 3.8) is 0 Å². The molecule has 0 spiro atoms. The van der Waals surface area contributed by atoms with E-state index in [1.807, 2.05) is 6.92 Å². The van der Waals surface area contributed by atoms with Gasteiger partial charge in [-0.2, -0.15) is 0 Å². The first-order valence-corrected chi connectivity index (χ1v) is 5.83. The van der Waals surface area contributed by atoms with Gasteiger partial charge in [0.05, 0.1) is 6.61 Å². The molecule has 0 aliphatic rings. The second kappa shape index (κ2) is 5.68. The van der Waals surface area contributed by atoms with Crippen LogP contribution >= 0.6 is 22.6 Å². The van der Waals surface area contributed by atoms with Crippen LogP contribution in [0.5, 0.6) is 0 Å². The van der Waals surface area contributed by atoms with Gasteiger partial charge in [-0.05, 0) is 54.1 Å². The van der Waals surface area contributed by atoms with Crippen LogP contribution in [-0.2, 0) is 0 Å². The maximum absolute atomic E-state index is 8.91. The molecule has 0 saturated heterocycles. The molecule has 0 bridgehead atoms. The predicted octanol–water partition coefficient (Wildman–Crippen LogP) is 2.32. The summed E-state index contributed by atoms with van der Waals surface area (Å²) in [5.74, 6) is 0. The number of benzene rings is 1. The van der Waals surface area contributed by atoms with Crippen molar-refractivity contribution in [1.82, 2.24) is 5.32 Å². The Morgan fingerprint density at radius 3 is 2.36 bits per heavy atom. The summed E-state index contributed by atoms with van der Waals surface area (Å²) < 4.78 is 1.24. The first-order valence-electron chi connectivity index (χ1n) is 4.76. The Morgan fingerprint density at radius 1 is 1.29 bits per heavy atom. The predicted molar refractivity (Wildman–Crippen MR) is 67.3 cm³/mol. The summed E-state index contributed by atoms with van der Waals surface area (Å²) in [6.45, 7) is 4.26. The van der Waals surface area contributed by atoms with E-state index in [4.69, 9.17) is 5.11 Å². The van der Waals surface area contributed by atoms with Gasteiger partial charge in [-0.15, -0.1) is 0 Å². The quantitative estimate of drug-likeness (QED) is 0.837. The molecule has 0 radical (unpaired) electrons.